The minimum Gasteiger partial charge on any atom is -0.391 e. The Balaban J connectivity index is 2.08. The average Bonchev–Trinajstić information content (AvgIpc) is 2.27. The minimum atomic E-state index is -0.248. The fourth-order valence-electron chi connectivity index (χ4n) is 2.27. The highest BCUT2D eigenvalue weighted by molar-refractivity contribution is 4.69. The van der Waals surface area contributed by atoms with Crippen LogP contribution in [0.3, 0.4) is 0 Å². The summed E-state index contributed by atoms with van der Waals surface area (Å²) in [7, 11) is 0. The van der Waals surface area contributed by atoms with Crippen molar-refractivity contribution in [1.29, 1.82) is 0 Å². The van der Waals surface area contributed by atoms with E-state index in [1.54, 1.807) is 0 Å². The molecule has 0 aromatic rings. The largest absolute Gasteiger partial charge is 0.391 e. The van der Waals surface area contributed by atoms with Crippen molar-refractivity contribution < 1.29 is 9.84 Å². The van der Waals surface area contributed by atoms with Crippen molar-refractivity contribution in [3.8, 4) is 0 Å². The summed E-state index contributed by atoms with van der Waals surface area (Å²) in [5, 5.41) is 9.82. The lowest BCUT2D eigenvalue weighted by Crippen LogP contribution is -2.23. The second-order valence-electron chi connectivity index (χ2n) is 4.95. The standard InChI is InChI=1S/C13H26O2/c1-3-11(2)15-10-13(14)9-12-7-5-4-6-8-12/h11-14H,3-10H2,1-2H3. The highest BCUT2D eigenvalue weighted by atomic mass is 16.5. The molecule has 0 amide bonds. The van der Waals surface area contributed by atoms with E-state index in [1.807, 2.05) is 0 Å². The van der Waals surface area contributed by atoms with Crippen molar-refractivity contribution in [2.75, 3.05) is 6.61 Å². The Bertz CT molecular complexity index is 153. The van der Waals surface area contributed by atoms with Crippen LogP contribution in [0.4, 0.5) is 0 Å². The van der Waals surface area contributed by atoms with Crippen LogP contribution in [0.15, 0.2) is 0 Å². The molecule has 0 aliphatic heterocycles. The topological polar surface area (TPSA) is 29.5 Å². The van der Waals surface area contributed by atoms with Gasteiger partial charge in [0.05, 0.1) is 18.8 Å². The number of rotatable bonds is 6. The smallest absolute Gasteiger partial charge is 0.0776 e. The summed E-state index contributed by atoms with van der Waals surface area (Å²) in [4.78, 5) is 0. The molecule has 0 saturated heterocycles. The van der Waals surface area contributed by atoms with Crippen molar-refractivity contribution in [3.05, 3.63) is 0 Å². The Hall–Kier alpha value is -0.0800. The van der Waals surface area contributed by atoms with E-state index in [-0.39, 0.29) is 12.2 Å². The number of hydrogen-bond donors (Lipinski definition) is 1. The molecule has 0 spiro atoms. The molecular weight excluding hydrogens is 188 g/mol. The van der Waals surface area contributed by atoms with Crippen LogP contribution >= 0.6 is 0 Å². The molecule has 1 saturated carbocycles. The average molecular weight is 214 g/mol. The first-order chi connectivity index (χ1) is 7.22. The summed E-state index contributed by atoms with van der Waals surface area (Å²) >= 11 is 0. The zero-order chi connectivity index (χ0) is 11.1. The SMILES string of the molecule is CCC(C)OCC(O)CC1CCCCC1. The zero-order valence-corrected chi connectivity index (χ0v) is 10.2. The van der Waals surface area contributed by atoms with Gasteiger partial charge in [-0.3, -0.25) is 0 Å². The molecule has 1 aliphatic rings. The highest BCUT2D eigenvalue weighted by Gasteiger charge is 2.17. The van der Waals surface area contributed by atoms with Crippen molar-refractivity contribution in [2.24, 2.45) is 5.92 Å². The van der Waals surface area contributed by atoms with Gasteiger partial charge in [0.15, 0.2) is 0 Å². The van der Waals surface area contributed by atoms with E-state index in [1.165, 1.54) is 32.1 Å². The Morgan fingerprint density at radius 2 is 1.93 bits per heavy atom. The van der Waals surface area contributed by atoms with Gasteiger partial charge in [0, 0.05) is 0 Å². The van der Waals surface area contributed by atoms with Crippen LogP contribution < -0.4 is 0 Å². The lowest BCUT2D eigenvalue weighted by Gasteiger charge is -2.24. The summed E-state index contributed by atoms with van der Waals surface area (Å²) in [6, 6.07) is 0. The van der Waals surface area contributed by atoms with Gasteiger partial charge in [0.25, 0.3) is 0 Å². The van der Waals surface area contributed by atoms with Crippen molar-refractivity contribution in [3.63, 3.8) is 0 Å². The van der Waals surface area contributed by atoms with E-state index in [4.69, 9.17) is 4.74 Å². The van der Waals surface area contributed by atoms with E-state index in [0.717, 1.165) is 18.8 Å². The maximum absolute atomic E-state index is 9.82. The van der Waals surface area contributed by atoms with Gasteiger partial charge < -0.3 is 9.84 Å². The van der Waals surface area contributed by atoms with Gasteiger partial charge in [0.1, 0.15) is 0 Å². The Morgan fingerprint density at radius 3 is 2.53 bits per heavy atom. The molecular formula is C13H26O2. The van der Waals surface area contributed by atoms with Gasteiger partial charge in [-0.25, -0.2) is 0 Å². The van der Waals surface area contributed by atoms with E-state index >= 15 is 0 Å². The molecule has 0 bridgehead atoms. The number of ether oxygens (including phenoxy) is 1. The summed E-state index contributed by atoms with van der Waals surface area (Å²) in [6.45, 7) is 4.69. The summed E-state index contributed by atoms with van der Waals surface area (Å²) < 4.78 is 5.54. The Labute approximate surface area is 94.0 Å². The first-order valence-electron chi connectivity index (χ1n) is 6.52. The number of hydrogen-bond acceptors (Lipinski definition) is 2. The van der Waals surface area contributed by atoms with Gasteiger partial charge in [0.2, 0.25) is 0 Å². The summed E-state index contributed by atoms with van der Waals surface area (Å²) in [6.07, 6.45) is 8.70. The molecule has 15 heavy (non-hydrogen) atoms. The molecule has 0 heterocycles. The third-order valence-electron chi connectivity index (χ3n) is 3.48. The van der Waals surface area contributed by atoms with Crippen LogP contribution in [0, 0.1) is 5.92 Å². The van der Waals surface area contributed by atoms with Crippen molar-refractivity contribution >= 4 is 0 Å². The molecule has 0 aromatic carbocycles. The molecule has 0 aromatic heterocycles. The lowest BCUT2D eigenvalue weighted by molar-refractivity contribution is -0.0133. The van der Waals surface area contributed by atoms with Crippen molar-refractivity contribution in [2.45, 2.75) is 71.0 Å². The van der Waals surface area contributed by atoms with Crippen LogP contribution in [-0.2, 0) is 4.74 Å². The summed E-state index contributed by atoms with van der Waals surface area (Å²) in [5.74, 6) is 0.745. The molecule has 2 nitrogen and oxygen atoms in total. The Kier molecular flexibility index (Phi) is 6.26. The minimum absolute atomic E-state index is 0.248. The van der Waals surface area contributed by atoms with E-state index in [9.17, 15) is 5.11 Å². The quantitative estimate of drug-likeness (QED) is 0.736. The molecule has 1 fully saturated rings. The predicted molar refractivity (Wildman–Crippen MR) is 62.9 cm³/mol. The van der Waals surface area contributed by atoms with Crippen molar-refractivity contribution in [1.82, 2.24) is 0 Å². The predicted octanol–water partition coefficient (Wildman–Crippen LogP) is 3.13. The molecule has 1 N–H and O–H groups in total. The van der Waals surface area contributed by atoms with Crippen LogP contribution in [0.2, 0.25) is 0 Å². The monoisotopic (exact) mass is 214 g/mol. The molecule has 2 atom stereocenters. The van der Waals surface area contributed by atoms with Gasteiger partial charge in [-0.1, -0.05) is 39.0 Å². The van der Waals surface area contributed by atoms with E-state index in [2.05, 4.69) is 13.8 Å². The third kappa shape index (κ3) is 5.53. The van der Waals surface area contributed by atoms with Crippen LogP contribution in [0.1, 0.15) is 58.8 Å². The normalized spacial score (nSPS) is 22.6. The van der Waals surface area contributed by atoms with Crippen LogP contribution in [0.5, 0.6) is 0 Å². The molecule has 1 rings (SSSR count). The van der Waals surface area contributed by atoms with Gasteiger partial charge in [-0.15, -0.1) is 0 Å². The molecule has 1 aliphatic carbocycles. The first-order valence-corrected chi connectivity index (χ1v) is 6.52. The summed E-state index contributed by atoms with van der Waals surface area (Å²) in [5.41, 5.74) is 0. The van der Waals surface area contributed by atoms with Gasteiger partial charge in [-0.2, -0.15) is 0 Å². The van der Waals surface area contributed by atoms with Crippen LogP contribution in [-0.4, -0.2) is 23.9 Å². The van der Waals surface area contributed by atoms with Gasteiger partial charge in [-0.05, 0) is 25.7 Å². The first kappa shape index (κ1) is 13.0. The maximum atomic E-state index is 9.82. The number of aliphatic hydroxyl groups is 1. The molecule has 90 valence electrons. The number of aliphatic hydroxyl groups excluding tert-OH is 1. The Morgan fingerprint density at radius 1 is 1.27 bits per heavy atom. The fourth-order valence-corrected chi connectivity index (χ4v) is 2.27. The van der Waals surface area contributed by atoms with E-state index < -0.39 is 0 Å². The van der Waals surface area contributed by atoms with E-state index in [0.29, 0.717) is 6.61 Å². The van der Waals surface area contributed by atoms with Gasteiger partial charge >= 0.3 is 0 Å². The van der Waals surface area contributed by atoms with Crippen LogP contribution in [0.25, 0.3) is 0 Å². The molecule has 2 heteroatoms. The third-order valence-corrected chi connectivity index (χ3v) is 3.48. The lowest BCUT2D eigenvalue weighted by atomic mass is 9.85. The molecule has 0 radical (unpaired) electrons. The molecule has 2 unspecified atom stereocenters. The fraction of sp³-hybridized carbons (Fsp3) is 1.00. The highest BCUT2D eigenvalue weighted by Crippen LogP contribution is 2.27. The maximum Gasteiger partial charge on any atom is 0.0776 e. The zero-order valence-electron chi connectivity index (χ0n) is 10.2. The second kappa shape index (κ2) is 7.24. The second-order valence-corrected chi connectivity index (χ2v) is 4.95.